The van der Waals surface area contributed by atoms with Gasteiger partial charge in [-0.2, -0.15) is 0 Å². The number of amides is 1. The van der Waals surface area contributed by atoms with Gasteiger partial charge in [-0.15, -0.1) is 12.4 Å². The number of para-hydroxylation sites is 1. The van der Waals surface area contributed by atoms with E-state index in [-0.39, 0.29) is 24.2 Å². The van der Waals surface area contributed by atoms with Crippen LogP contribution in [-0.4, -0.2) is 25.6 Å². The monoisotopic (exact) mass is 298 g/mol. The number of rotatable bonds is 4. The van der Waals surface area contributed by atoms with Gasteiger partial charge in [0.15, 0.2) is 0 Å². The lowest BCUT2D eigenvalue weighted by Gasteiger charge is -2.27. The van der Waals surface area contributed by atoms with E-state index in [0.717, 1.165) is 30.7 Å². The van der Waals surface area contributed by atoms with E-state index in [0.29, 0.717) is 12.6 Å². The Hall–Kier alpha value is -1.26. The Labute approximate surface area is 126 Å². The molecule has 0 aliphatic carbocycles. The standard InChI is InChI=1S/C15H22N2O2.ClH/c1-11-9-12(7-8-16-11)15(18)17-10-13-5-3-4-6-14(13)19-2;/h3-6,11-12,16H,7-10H2,1-2H3,(H,17,18);1H/t11-,12-;/m0./s1. The number of benzene rings is 1. The van der Waals surface area contributed by atoms with Crippen molar-refractivity contribution in [2.24, 2.45) is 5.92 Å². The molecule has 1 aliphatic heterocycles. The number of hydrogen-bond acceptors (Lipinski definition) is 3. The Morgan fingerprint density at radius 2 is 2.20 bits per heavy atom. The van der Waals surface area contributed by atoms with E-state index in [9.17, 15) is 4.79 Å². The molecule has 0 bridgehead atoms. The summed E-state index contributed by atoms with van der Waals surface area (Å²) in [4.78, 5) is 12.1. The summed E-state index contributed by atoms with van der Waals surface area (Å²) in [5.74, 6) is 1.10. The highest BCUT2D eigenvalue weighted by Crippen LogP contribution is 2.19. The summed E-state index contributed by atoms with van der Waals surface area (Å²) in [6.07, 6.45) is 1.83. The first kappa shape index (κ1) is 16.8. The van der Waals surface area contributed by atoms with Crippen molar-refractivity contribution in [3.8, 4) is 5.75 Å². The molecule has 112 valence electrons. The second kappa shape index (κ2) is 8.12. The fourth-order valence-corrected chi connectivity index (χ4v) is 2.55. The summed E-state index contributed by atoms with van der Waals surface area (Å²) in [6.45, 7) is 3.58. The number of ether oxygens (including phenoxy) is 1. The summed E-state index contributed by atoms with van der Waals surface area (Å²) in [5.41, 5.74) is 1.01. The van der Waals surface area contributed by atoms with Gasteiger partial charge in [0.1, 0.15) is 5.75 Å². The Kier molecular flexibility index (Phi) is 6.82. The zero-order valence-electron chi connectivity index (χ0n) is 12.0. The zero-order chi connectivity index (χ0) is 13.7. The van der Waals surface area contributed by atoms with Crippen LogP contribution in [-0.2, 0) is 11.3 Å². The topological polar surface area (TPSA) is 50.4 Å². The second-order valence-corrected chi connectivity index (χ2v) is 5.11. The number of carbonyl (C=O) groups is 1. The molecule has 2 rings (SSSR count). The smallest absolute Gasteiger partial charge is 0.223 e. The molecule has 0 unspecified atom stereocenters. The van der Waals surface area contributed by atoms with Gasteiger partial charge in [-0.3, -0.25) is 4.79 Å². The maximum absolute atomic E-state index is 12.1. The molecule has 4 nitrogen and oxygen atoms in total. The molecule has 1 aliphatic rings. The molecule has 20 heavy (non-hydrogen) atoms. The lowest BCUT2D eigenvalue weighted by molar-refractivity contribution is -0.126. The number of methoxy groups -OCH3 is 1. The first-order chi connectivity index (χ1) is 9.20. The van der Waals surface area contributed by atoms with Crippen LogP contribution in [0.15, 0.2) is 24.3 Å². The van der Waals surface area contributed by atoms with Crippen LogP contribution in [0.5, 0.6) is 5.75 Å². The van der Waals surface area contributed by atoms with Gasteiger partial charge >= 0.3 is 0 Å². The quantitative estimate of drug-likeness (QED) is 0.895. The number of piperidine rings is 1. The lowest BCUT2D eigenvalue weighted by Crippen LogP contribution is -2.42. The zero-order valence-corrected chi connectivity index (χ0v) is 12.8. The fraction of sp³-hybridized carbons (Fsp3) is 0.533. The highest BCUT2D eigenvalue weighted by atomic mass is 35.5. The van der Waals surface area contributed by atoms with Crippen molar-refractivity contribution in [3.63, 3.8) is 0 Å². The minimum absolute atomic E-state index is 0. The average Bonchev–Trinajstić information content (AvgIpc) is 2.45. The van der Waals surface area contributed by atoms with Gasteiger partial charge in [0.25, 0.3) is 0 Å². The van der Waals surface area contributed by atoms with E-state index >= 15 is 0 Å². The van der Waals surface area contributed by atoms with E-state index in [1.54, 1.807) is 7.11 Å². The molecule has 5 heteroatoms. The van der Waals surface area contributed by atoms with E-state index in [1.165, 1.54) is 0 Å². The minimum atomic E-state index is 0. The first-order valence-electron chi connectivity index (χ1n) is 6.83. The van der Waals surface area contributed by atoms with Crippen LogP contribution in [0.1, 0.15) is 25.3 Å². The van der Waals surface area contributed by atoms with Gasteiger partial charge in [-0.25, -0.2) is 0 Å². The molecule has 2 N–H and O–H groups in total. The molecular weight excluding hydrogens is 276 g/mol. The molecule has 1 aromatic carbocycles. The fourth-order valence-electron chi connectivity index (χ4n) is 2.55. The summed E-state index contributed by atoms with van der Waals surface area (Å²) >= 11 is 0. The van der Waals surface area contributed by atoms with Crippen molar-refractivity contribution >= 4 is 18.3 Å². The molecule has 0 radical (unpaired) electrons. The summed E-state index contributed by atoms with van der Waals surface area (Å²) in [5, 5.41) is 6.38. The molecule has 1 fully saturated rings. The molecule has 1 aromatic rings. The molecule has 0 spiro atoms. The Bertz CT molecular complexity index is 440. The third kappa shape index (κ3) is 4.39. The molecule has 2 atom stereocenters. The van der Waals surface area contributed by atoms with Gasteiger partial charge in [-0.1, -0.05) is 18.2 Å². The highest BCUT2D eigenvalue weighted by molar-refractivity contribution is 5.85. The van der Waals surface area contributed by atoms with Crippen molar-refractivity contribution in [2.75, 3.05) is 13.7 Å². The summed E-state index contributed by atoms with van der Waals surface area (Å²) < 4.78 is 5.28. The molecule has 1 heterocycles. The van der Waals surface area contributed by atoms with Crippen molar-refractivity contribution < 1.29 is 9.53 Å². The van der Waals surface area contributed by atoms with E-state index in [1.807, 2.05) is 24.3 Å². The van der Waals surface area contributed by atoms with Gasteiger partial charge in [-0.05, 0) is 32.4 Å². The van der Waals surface area contributed by atoms with Crippen LogP contribution in [0.3, 0.4) is 0 Å². The largest absolute Gasteiger partial charge is 0.496 e. The van der Waals surface area contributed by atoms with Crippen LogP contribution < -0.4 is 15.4 Å². The second-order valence-electron chi connectivity index (χ2n) is 5.11. The Morgan fingerprint density at radius 3 is 2.90 bits per heavy atom. The SMILES string of the molecule is COc1ccccc1CNC(=O)[C@H]1CCN[C@@H](C)C1.Cl. The lowest BCUT2D eigenvalue weighted by atomic mass is 9.92. The molecule has 1 saturated heterocycles. The van der Waals surface area contributed by atoms with Crippen LogP contribution in [0.4, 0.5) is 0 Å². The maximum atomic E-state index is 12.1. The number of carbonyl (C=O) groups excluding carboxylic acids is 1. The summed E-state index contributed by atoms with van der Waals surface area (Å²) in [7, 11) is 1.65. The van der Waals surface area contributed by atoms with Gasteiger partial charge in [0.05, 0.1) is 7.11 Å². The van der Waals surface area contributed by atoms with Gasteiger partial charge < -0.3 is 15.4 Å². The molecule has 0 saturated carbocycles. The van der Waals surface area contributed by atoms with Crippen LogP contribution in [0, 0.1) is 5.92 Å². The average molecular weight is 299 g/mol. The number of nitrogens with one attached hydrogen (secondary N) is 2. The third-order valence-electron chi connectivity index (χ3n) is 3.64. The molecular formula is C15H23ClN2O2. The highest BCUT2D eigenvalue weighted by Gasteiger charge is 2.24. The predicted octanol–water partition coefficient (Wildman–Crippen LogP) is 2.12. The first-order valence-corrected chi connectivity index (χ1v) is 6.83. The van der Waals surface area contributed by atoms with Crippen molar-refractivity contribution in [1.29, 1.82) is 0 Å². The maximum Gasteiger partial charge on any atom is 0.223 e. The minimum Gasteiger partial charge on any atom is -0.496 e. The normalized spacial score (nSPS) is 21.7. The Balaban J connectivity index is 0.00000200. The molecule has 1 amide bonds. The number of hydrogen-bond donors (Lipinski definition) is 2. The van der Waals surface area contributed by atoms with Gasteiger partial charge in [0.2, 0.25) is 5.91 Å². The van der Waals surface area contributed by atoms with Crippen LogP contribution in [0.25, 0.3) is 0 Å². The van der Waals surface area contributed by atoms with Crippen molar-refractivity contribution in [1.82, 2.24) is 10.6 Å². The van der Waals surface area contributed by atoms with Crippen molar-refractivity contribution in [3.05, 3.63) is 29.8 Å². The summed E-state index contributed by atoms with van der Waals surface area (Å²) in [6, 6.07) is 8.20. The Morgan fingerprint density at radius 1 is 1.45 bits per heavy atom. The van der Waals surface area contributed by atoms with Crippen LogP contribution in [0.2, 0.25) is 0 Å². The number of halogens is 1. The molecule has 0 aromatic heterocycles. The van der Waals surface area contributed by atoms with Gasteiger partial charge in [0, 0.05) is 24.1 Å². The van der Waals surface area contributed by atoms with E-state index in [4.69, 9.17) is 4.74 Å². The van der Waals surface area contributed by atoms with Crippen molar-refractivity contribution in [2.45, 2.75) is 32.4 Å². The van der Waals surface area contributed by atoms with E-state index < -0.39 is 0 Å². The third-order valence-corrected chi connectivity index (χ3v) is 3.64. The predicted molar refractivity (Wildman–Crippen MR) is 82.3 cm³/mol. The van der Waals surface area contributed by atoms with Crippen LogP contribution >= 0.6 is 12.4 Å². The van der Waals surface area contributed by atoms with E-state index in [2.05, 4.69) is 17.6 Å².